The summed E-state index contributed by atoms with van der Waals surface area (Å²) >= 11 is 0. The maximum absolute atomic E-state index is 11.0. The molecule has 28 heavy (non-hydrogen) atoms. The fraction of sp³-hybridized carbons (Fsp3) is 0.273. The normalized spacial score (nSPS) is 10.9. The molecule has 3 rings (SSSR count). The number of benzene rings is 2. The number of fused-ring (bicyclic) bond motifs is 1. The van der Waals surface area contributed by atoms with E-state index in [1.165, 1.54) is 0 Å². The first-order valence-electron chi connectivity index (χ1n) is 9.26. The van der Waals surface area contributed by atoms with Crippen LogP contribution in [0.4, 0.5) is 5.69 Å². The van der Waals surface area contributed by atoms with Gasteiger partial charge in [0.1, 0.15) is 18.0 Å². The van der Waals surface area contributed by atoms with Gasteiger partial charge in [-0.15, -0.1) is 0 Å². The Morgan fingerprint density at radius 2 is 1.79 bits per heavy atom. The van der Waals surface area contributed by atoms with Crippen molar-refractivity contribution in [2.24, 2.45) is 0 Å². The molecular formula is C22H24N2O4. The number of ether oxygens (including phenoxy) is 2. The Kier molecular flexibility index (Phi) is 5.99. The number of hydrogen-bond acceptors (Lipinski definition) is 5. The van der Waals surface area contributed by atoms with Gasteiger partial charge in [0.25, 0.3) is 0 Å². The first kappa shape index (κ1) is 19.5. The van der Waals surface area contributed by atoms with Crippen LogP contribution in [-0.4, -0.2) is 35.3 Å². The van der Waals surface area contributed by atoms with Gasteiger partial charge in [-0.05, 0) is 69.3 Å². The van der Waals surface area contributed by atoms with E-state index in [0.29, 0.717) is 18.2 Å². The molecule has 6 heteroatoms. The van der Waals surface area contributed by atoms with E-state index in [9.17, 15) is 4.79 Å². The summed E-state index contributed by atoms with van der Waals surface area (Å²) in [5.74, 6) is 1.12. The monoisotopic (exact) mass is 380 g/mol. The third kappa shape index (κ3) is 4.91. The molecule has 6 nitrogen and oxygen atoms in total. The Morgan fingerprint density at radius 3 is 2.43 bits per heavy atom. The van der Waals surface area contributed by atoms with Gasteiger partial charge >= 0.3 is 5.97 Å². The second-order valence-electron chi connectivity index (χ2n) is 6.67. The first-order valence-corrected chi connectivity index (χ1v) is 9.26. The molecule has 0 saturated heterocycles. The lowest BCUT2D eigenvalue weighted by molar-refractivity contribution is -0.135. The Balaban J connectivity index is 1.77. The molecule has 0 aliphatic carbocycles. The van der Waals surface area contributed by atoms with E-state index in [2.05, 4.69) is 4.98 Å². The average molecular weight is 380 g/mol. The number of hydrogen-bond donors (Lipinski definition) is 1. The fourth-order valence-corrected chi connectivity index (χ4v) is 2.88. The molecule has 0 amide bonds. The lowest BCUT2D eigenvalue weighted by Gasteiger charge is -2.21. The van der Waals surface area contributed by atoms with Crippen LogP contribution in [0.5, 0.6) is 17.4 Å². The van der Waals surface area contributed by atoms with Crippen LogP contribution in [0.15, 0.2) is 54.6 Å². The van der Waals surface area contributed by atoms with E-state index >= 15 is 0 Å². The van der Waals surface area contributed by atoms with Gasteiger partial charge in [0.2, 0.25) is 5.88 Å². The molecule has 3 aromatic rings. The topological polar surface area (TPSA) is 71.9 Å². The highest BCUT2D eigenvalue weighted by atomic mass is 16.5. The Bertz CT molecular complexity index is 954. The third-order valence-electron chi connectivity index (χ3n) is 4.14. The largest absolute Gasteiger partial charge is 0.491 e. The van der Waals surface area contributed by atoms with Crippen molar-refractivity contribution in [3.63, 3.8) is 0 Å². The summed E-state index contributed by atoms with van der Waals surface area (Å²) < 4.78 is 11.5. The van der Waals surface area contributed by atoms with Crippen LogP contribution in [0.3, 0.4) is 0 Å². The van der Waals surface area contributed by atoms with Gasteiger partial charge in [0, 0.05) is 23.7 Å². The maximum Gasteiger partial charge on any atom is 0.323 e. The zero-order chi connectivity index (χ0) is 20.1. The highest BCUT2D eigenvalue weighted by molar-refractivity contribution is 5.84. The summed E-state index contributed by atoms with van der Waals surface area (Å²) in [6.07, 6.45) is 0.123. The van der Waals surface area contributed by atoms with Gasteiger partial charge < -0.3 is 19.5 Å². The summed E-state index contributed by atoms with van der Waals surface area (Å²) in [7, 11) is 0. The van der Waals surface area contributed by atoms with Gasteiger partial charge in [-0.1, -0.05) is 0 Å². The lowest BCUT2D eigenvalue weighted by atomic mass is 10.2. The summed E-state index contributed by atoms with van der Waals surface area (Å²) in [4.78, 5) is 17.4. The standard InChI is InChI=1S/C22H24N2O4/c1-4-24(14-22(25)26)17-6-11-20-16(13-17)5-12-21(23-20)28-19-9-7-18(8-10-19)27-15(2)3/h5-13,15H,4,14H2,1-3H3,(H,25,26). The summed E-state index contributed by atoms with van der Waals surface area (Å²) in [5.41, 5.74) is 1.64. The molecule has 1 aromatic heterocycles. The molecule has 0 aliphatic rings. The zero-order valence-electron chi connectivity index (χ0n) is 16.3. The number of carboxylic acid groups (broad SMARTS) is 1. The van der Waals surface area contributed by atoms with E-state index in [-0.39, 0.29) is 12.6 Å². The predicted molar refractivity (Wildman–Crippen MR) is 110 cm³/mol. The van der Waals surface area contributed by atoms with Crippen LogP contribution in [0.2, 0.25) is 0 Å². The Hall–Kier alpha value is -3.28. The number of nitrogens with zero attached hydrogens (tertiary/aromatic N) is 2. The summed E-state index contributed by atoms with van der Waals surface area (Å²) in [6.45, 7) is 6.47. The number of pyridine rings is 1. The third-order valence-corrected chi connectivity index (χ3v) is 4.14. The van der Waals surface area contributed by atoms with Crippen molar-refractivity contribution in [1.82, 2.24) is 4.98 Å². The van der Waals surface area contributed by atoms with Crippen LogP contribution in [0.1, 0.15) is 20.8 Å². The number of aromatic nitrogens is 1. The Labute approximate surface area is 164 Å². The first-order chi connectivity index (χ1) is 13.4. The van der Waals surface area contributed by atoms with Crippen LogP contribution in [0, 0.1) is 0 Å². The number of likely N-dealkylation sites (N-methyl/N-ethyl adjacent to an activating group) is 1. The van der Waals surface area contributed by atoms with E-state index in [1.807, 2.05) is 69.3 Å². The molecule has 0 spiro atoms. The number of anilines is 1. The lowest BCUT2D eigenvalue weighted by Crippen LogP contribution is -2.29. The number of carboxylic acids is 1. The second kappa shape index (κ2) is 8.61. The van der Waals surface area contributed by atoms with Crippen LogP contribution < -0.4 is 14.4 Å². The van der Waals surface area contributed by atoms with E-state index < -0.39 is 5.97 Å². The Morgan fingerprint density at radius 1 is 1.07 bits per heavy atom. The minimum Gasteiger partial charge on any atom is -0.491 e. The quantitative estimate of drug-likeness (QED) is 0.609. The van der Waals surface area contributed by atoms with Gasteiger partial charge in [0.05, 0.1) is 11.6 Å². The second-order valence-corrected chi connectivity index (χ2v) is 6.67. The maximum atomic E-state index is 11.0. The van der Waals surface area contributed by atoms with Crippen molar-refractivity contribution in [2.45, 2.75) is 26.9 Å². The molecule has 0 aliphatic heterocycles. The number of rotatable bonds is 8. The smallest absolute Gasteiger partial charge is 0.323 e. The molecule has 0 fully saturated rings. The molecule has 1 N–H and O–H groups in total. The van der Waals surface area contributed by atoms with E-state index in [1.54, 1.807) is 11.0 Å². The SMILES string of the molecule is CCN(CC(=O)O)c1ccc2nc(Oc3ccc(OC(C)C)cc3)ccc2c1. The number of aliphatic carboxylic acids is 1. The minimum absolute atomic E-state index is 0.0346. The van der Waals surface area contributed by atoms with Crippen LogP contribution in [0.25, 0.3) is 10.9 Å². The molecule has 0 atom stereocenters. The molecular weight excluding hydrogens is 356 g/mol. The molecule has 1 heterocycles. The van der Waals surface area contributed by atoms with Gasteiger partial charge in [-0.3, -0.25) is 4.79 Å². The highest BCUT2D eigenvalue weighted by Crippen LogP contribution is 2.27. The fourth-order valence-electron chi connectivity index (χ4n) is 2.88. The van der Waals surface area contributed by atoms with Crippen LogP contribution >= 0.6 is 0 Å². The summed E-state index contributed by atoms with van der Waals surface area (Å²) in [6, 6.07) is 16.8. The molecule has 0 radical (unpaired) electrons. The summed E-state index contributed by atoms with van der Waals surface area (Å²) in [5, 5.41) is 9.97. The molecule has 0 unspecified atom stereocenters. The minimum atomic E-state index is -0.853. The van der Waals surface area contributed by atoms with E-state index in [4.69, 9.17) is 14.6 Å². The van der Waals surface area contributed by atoms with Crippen molar-refractivity contribution in [3.8, 4) is 17.4 Å². The average Bonchev–Trinajstić information content (AvgIpc) is 2.66. The van der Waals surface area contributed by atoms with Gasteiger partial charge in [0.15, 0.2) is 0 Å². The van der Waals surface area contributed by atoms with Crippen molar-refractivity contribution in [2.75, 3.05) is 18.0 Å². The van der Waals surface area contributed by atoms with Crippen LogP contribution in [-0.2, 0) is 4.79 Å². The molecule has 2 aromatic carbocycles. The van der Waals surface area contributed by atoms with Crippen molar-refractivity contribution >= 4 is 22.6 Å². The molecule has 0 bridgehead atoms. The van der Waals surface area contributed by atoms with Crippen molar-refractivity contribution in [1.29, 1.82) is 0 Å². The van der Waals surface area contributed by atoms with Crippen molar-refractivity contribution in [3.05, 3.63) is 54.6 Å². The molecule has 0 saturated carbocycles. The highest BCUT2D eigenvalue weighted by Gasteiger charge is 2.10. The molecule has 146 valence electrons. The zero-order valence-corrected chi connectivity index (χ0v) is 16.3. The van der Waals surface area contributed by atoms with Crippen molar-refractivity contribution < 1.29 is 19.4 Å². The predicted octanol–water partition coefficient (Wildman–Crippen LogP) is 4.73. The van der Waals surface area contributed by atoms with Gasteiger partial charge in [-0.2, -0.15) is 0 Å². The van der Waals surface area contributed by atoms with Gasteiger partial charge in [-0.25, -0.2) is 4.98 Å². The number of carbonyl (C=O) groups is 1. The van der Waals surface area contributed by atoms with E-state index in [0.717, 1.165) is 22.3 Å².